The Labute approximate surface area is 107 Å². The van der Waals surface area contributed by atoms with Gasteiger partial charge in [0.2, 0.25) is 0 Å². The van der Waals surface area contributed by atoms with Gasteiger partial charge in [-0.3, -0.25) is 4.98 Å². The summed E-state index contributed by atoms with van der Waals surface area (Å²) in [5, 5.41) is 12.6. The summed E-state index contributed by atoms with van der Waals surface area (Å²) in [6, 6.07) is 7.85. The molecule has 2 unspecified atom stereocenters. The number of ether oxygens (including phenoxy) is 1. The molecule has 1 N–H and O–H groups in total. The lowest BCUT2D eigenvalue weighted by Crippen LogP contribution is -2.34. The van der Waals surface area contributed by atoms with E-state index in [9.17, 15) is 5.11 Å². The van der Waals surface area contributed by atoms with Gasteiger partial charge < -0.3 is 9.84 Å². The van der Waals surface area contributed by atoms with Crippen LogP contribution in [0.25, 0.3) is 10.8 Å². The Hall–Kier alpha value is -1.45. The molecule has 0 aliphatic heterocycles. The number of aromatic nitrogens is 1. The molecule has 2 aromatic rings. The summed E-state index contributed by atoms with van der Waals surface area (Å²) in [5.74, 6) is 0. The number of benzene rings is 1. The van der Waals surface area contributed by atoms with E-state index >= 15 is 0 Å². The quantitative estimate of drug-likeness (QED) is 0.900. The molecule has 0 aliphatic carbocycles. The number of nitrogens with zero attached hydrogens (tertiary/aromatic N) is 1. The molecule has 0 bridgehead atoms. The Morgan fingerprint density at radius 1 is 1.39 bits per heavy atom. The molecule has 0 spiro atoms. The average Bonchev–Trinajstić information content (AvgIpc) is 2.45. The minimum atomic E-state index is -0.666. The van der Waals surface area contributed by atoms with Crippen LogP contribution in [0.4, 0.5) is 0 Å². The highest BCUT2D eigenvalue weighted by Crippen LogP contribution is 2.34. The van der Waals surface area contributed by atoms with Crippen molar-refractivity contribution in [2.24, 2.45) is 0 Å². The zero-order valence-electron chi connectivity index (χ0n) is 11.1. The molecular weight excluding hydrogens is 226 g/mol. The molecule has 1 aromatic carbocycles. The third-order valence-electron chi connectivity index (χ3n) is 3.76. The molecule has 0 amide bonds. The molecule has 0 radical (unpaired) electrons. The SMILES string of the molecule is CCC(C)(OC)C(O)c1cccc2ccncc12. The summed E-state index contributed by atoms with van der Waals surface area (Å²) < 4.78 is 5.48. The standard InChI is InChI=1S/C15H19NO2/c1-4-15(2,18-3)14(17)12-7-5-6-11-8-9-16-10-13(11)12/h5-10,14,17H,4H2,1-3H3. The van der Waals surface area contributed by atoms with E-state index in [4.69, 9.17) is 4.74 Å². The van der Waals surface area contributed by atoms with E-state index < -0.39 is 11.7 Å². The second kappa shape index (κ2) is 5.04. The first-order valence-corrected chi connectivity index (χ1v) is 6.18. The van der Waals surface area contributed by atoms with Crippen LogP contribution in [0.5, 0.6) is 0 Å². The highest BCUT2D eigenvalue weighted by molar-refractivity contribution is 5.85. The molecule has 2 atom stereocenters. The Balaban J connectivity index is 2.54. The Morgan fingerprint density at radius 2 is 2.17 bits per heavy atom. The highest BCUT2D eigenvalue weighted by Gasteiger charge is 2.33. The van der Waals surface area contributed by atoms with E-state index in [1.807, 2.05) is 38.1 Å². The largest absolute Gasteiger partial charge is 0.385 e. The number of rotatable bonds is 4. The number of fused-ring (bicyclic) bond motifs is 1. The van der Waals surface area contributed by atoms with E-state index in [0.717, 1.165) is 22.8 Å². The molecule has 0 saturated heterocycles. The third-order valence-corrected chi connectivity index (χ3v) is 3.76. The molecule has 1 aromatic heterocycles. The van der Waals surface area contributed by atoms with Gasteiger partial charge in [0, 0.05) is 24.9 Å². The van der Waals surface area contributed by atoms with Crippen molar-refractivity contribution in [3.8, 4) is 0 Å². The van der Waals surface area contributed by atoms with Gasteiger partial charge in [-0.25, -0.2) is 0 Å². The van der Waals surface area contributed by atoms with E-state index in [-0.39, 0.29) is 0 Å². The second-order valence-corrected chi connectivity index (χ2v) is 4.72. The molecule has 3 heteroatoms. The van der Waals surface area contributed by atoms with Crippen LogP contribution in [0.15, 0.2) is 36.7 Å². The maximum Gasteiger partial charge on any atom is 0.108 e. The summed E-state index contributed by atoms with van der Waals surface area (Å²) >= 11 is 0. The normalized spacial score (nSPS) is 16.4. The van der Waals surface area contributed by atoms with Gasteiger partial charge in [0.1, 0.15) is 6.10 Å². The van der Waals surface area contributed by atoms with Crippen LogP contribution in [0.2, 0.25) is 0 Å². The van der Waals surface area contributed by atoms with Crippen LogP contribution < -0.4 is 0 Å². The van der Waals surface area contributed by atoms with Crippen molar-refractivity contribution in [3.05, 3.63) is 42.2 Å². The Kier molecular flexibility index (Phi) is 3.64. The maximum atomic E-state index is 10.6. The summed E-state index contributed by atoms with van der Waals surface area (Å²) in [7, 11) is 1.64. The van der Waals surface area contributed by atoms with Gasteiger partial charge in [0.25, 0.3) is 0 Å². The van der Waals surface area contributed by atoms with Crippen LogP contribution in [-0.4, -0.2) is 22.8 Å². The minimum absolute atomic E-state index is 0.579. The van der Waals surface area contributed by atoms with E-state index in [1.165, 1.54) is 0 Å². The summed E-state index contributed by atoms with van der Waals surface area (Å²) in [6.07, 6.45) is 3.62. The number of aliphatic hydroxyl groups excluding tert-OH is 1. The van der Waals surface area contributed by atoms with Gasteiger partial charge in [-0.1, -0.05) is 25.1 Å². The van der Waals surface area contributed by atoms with Gasteiger partial charge in [-0.2, -0.15) is 0 Å². The lowest BCUT2D eigenvalue weighted by Gasteiger charge is -2.33. The first kappa shape index (κ1) is 13.0. The smallest absolute Gasteiger partial charge is 0.108 e. The molecule has 0 fully saturated rings. The van der Waals surface area contributed by atoms with E-state index in [1.54, 1.807) is 19.5 Å². The van der Waals surface area contributed by atoms with Gasteiger partial charge >= 0.3 is 0 Å². The second-order valence-electron chi connectivity index (χ2n) is 4.72. The van der Waals surface area contributed by atoms with Crippen LogP contribution in [0.1, 0.15) is 31.9 Å². The molecule has 2 rings (SSSR count). The monoisotopic (exact) mass is 245 g/mol. The first-order chi connectivity index (χ1) is 8.62. The van der Waals surface area contributed by atoms with Crippen molar-refractivity contribution < 1.29 is 9.84 Å². The molecule has 1 heterocycles. The van der Waals surface area contributed by atoms with Crippen molar-refractivity contribution in [1.29, 1.82) is 0 Å². The zero-order chi connectivity index (χ0) is 13.2. The van der Waals surface area contributed by atoms with Gasteiger partial charge in [-0.05, 0) is 30.4 Å². The van der Waals surface area contributed by atoms with Crippen molar-refractivity contribution in [1.82, 2.24) is 4.98 Å². The number of hydrogen-bond donors (Lipinski definition) is 1. The highest BCUT2D eigenvalue weighted by atomic mass is 16.5. The molecule has 96 valence electrons. The fraction of sp³-hybridized carbons (Fsp3) is 0.400. The fourth-order valence-corrected chi connectivity index (χ4v) is 2.15. The van der Waals surface area contributed by atoms with Crippen molar-refractivity contribution in [2.75, 3.05) is 7.11 Å². The molecule has 18 heavy (non-hydrogen) atoms. The van der Waals surface area contributed by atoms with Crippen molar-refractivity contribution in [2.45, 2.75) is 32.0 Å². The molecule has 3 nitrogen and oxygen atoms in total. The molecular formula is C15H19NO2. The lowest BCUT2D eigenvalue weighted by molar-refractivity contribution is -0.0938. The van der Waals surface area contributed by atoms with E-state index in [0.29, 0.717) is 0 Å². The number of hydrogen-bond acceptors (Lipinski definition) is 3. The Bertz CT molecular complexity index is 530. The first-order valence-electron chi connectivity index (χ1n) is 6.18. The summed E-state index contributed by atoms with van der Waals surface area (Å²) in [6.45, 7) is 3.93. The predicted octanol–water partition coefficient (Wildman–Crippen LogP) is 3.08. The lowest BCUT2D eigenvalue weighted by atomic mass is 9.88. The van der Waals surface area contributed by atoms with Crippen LogP contribution in [0, 0.1) is 0 Å². The summed E-state index contributed by atoms with van der Waals surface area (Å²) in [4.78, 5) is 4.14. The molecule has 0 saturated carbocycles. The number of methoxy groups -OCH3 is 1. The topological polar surface area (TPSA) is 42.4 Å². The van der Waals surface area contributed by atoms with Crippen molar-refractivity contribution >= 4 is 10.8 Å². The van der Waals surface area contributed by atoms with Crippen LogP contribution >= 0.6 is 0 Å². The summed E-state index contributed by atoms with van der Waals surface area (Å²) in [5.41, 5.74) is 0.288. The fourth-order valence-electron chi connectivity index (χ4n) is 2.15. The van der Waals surface area contributed by atoms with Crippen LogP contribution in [0.3, 0.4) is 0 Å². The predicted molar refractivity (Wildman–Crippen MR) is 72.4 cm³/mol. The van der Waals surface area contributed by atoms with Crippen LogP contribution in [-0.2, 0) is 4.74 Å². The Morgan fingerprint density at radius 3 is 2.83 bits per heavy atom. The van der Waals surface area contributed by atoms with Gasteiger partial charge in [0.15, 0.2) is 0 Å². The number of pyridine rings is 1. The van der Waals surface area contributed by atoms with E-state index in [2.05, 4.69) is 4.98 Å². The third kappa shape index (κ3) is 2.11. The molecule has 0 aliphatic rings. The van der Waals surface area contributed by atoms with Gasteiger partial charge in [0.05, 0.1) is 5.60 Å². The average molecular weight is 245 g/mol. The number of aliphatic hydroxyl groups is 1. The maximum absolute atomic E-state index is 10.6. The van der Waals surface area contributed by atoms with Gasteiger partial charge in [-0.15, -0.1) is 0 Å². The minimum Gasteiger partial charge on any atom is -0.385 e. The van der Waals surface area contributed by atoms with Crippen molar-refractivity contribution in [3.63, 3.8) is 0 Å². The zero-order valence-corrected chi connectivity index (χ0v) is 11.1.